The van der Waals surface area contributed by atoms with E-state index in [0.29, 0.717) is 12.1 Å². The number of amides is 1. The van der Waals surface area contributed by atoms with Gasteiger partial charge < -0.3 is 16.0 Å². The van der Waals surface area contributed by atoms with Gasteiger partial charge in [0, 0.05) is 12.2 Å². The third kappa shape index (κ3) is 7.92. The van der Waals surface area contributed by atoms with Gasteiger partial charge in [0.25, 0.3) is 0 Å². The summed E-state index contributed by atoms with van der Waals surface area (Å²) in [5.41, 5.74) is -3.29. The lowest BCUT2D eigenvalue weighted by molar-refractivity contribution is -0.143. The first-order valence-electron chi connectivity index (χ1n) is 9.76. The predicted molar refractivity (Wildman–Crippen MR) is 117 cm³/mol. The van der Waals surface area contributed by atoms with Crippen molar-refractivity contribution in [2.45, 2.75) is 45.7 Å². The quantitative estimate of drug-likeness (QED) is 0.369. The van der Waals surface area contributed by atoms with Crippen molar-refractivity contribution < 1.29 is 31.1 Å². The predicted octanol–water partition coefficient (Wildman–Crippen LogP) is 5.74. The average molecular weight is 492 g/mol. The van der Waals surface area contributed by atoms with Crippen molar-refractivity contribution in [3.63, 3.8) is 0 Å². The molecule has 2 aromatic carbocycles. The van der Waals surface area contributed by atoms with E-state index in [4.69, 9.17) is 12.2 Å². The Morgan fingerprint density at radius 1 is 0.909 bits per heavy atom. The number of alkyl halides is 6. The molecule has 0 aromatic heterocycles. The number of anilines is 1. The van der Waals surface area contributed by atoms with Crippen molar-refractivity contribution in [2.24, 2.45) is 5.41 Å². The maximum Gasteiger partial charge on any atom is 0.416 e. The van der Waals surface area contributed by atoms with E-state index < -0.39 is 46.5 Å². The number of rotatable bonds is 5. The lowest BCUT2D eigenvalue weighted by Gasteiger charge is -2.31. The molecule has 0 fully saturated rings. The maximum absolute atomic E-state index is 13.1. The molecule has 2 rings (SSSR count). The molecule has 0 aliphatic heterocycles. The van der Waals surface area contributed by atoms with Gasteiger partial charge in [-0.1, -0.05) is 51.1 Å². The minimum Gasteiger partial charge on any atom is -0.350 e. The molecule has 1 amide bonds. The Hall–Kier alpha value is -2.82. The number of nitrogens with one attached hydrogen (secondary N) is 3. The molecule has 0 bridgehead atoms. The highest BCUT2D eigenvalue weighted by atomic mass is 32.1. The molecule has 33 heavy (non-hydrogen) atoms. The second-order valence-electron chi connectivity index (χ2n) is 8.40. The van der Waals surface area contributed by atoms with E-state index >= 15 is 0 Å². The summed E-state index contributed by atoms with van der Waals surface area (Å²) in [4.78, 5) is 12.8. The van der Waals surface area contributed by atoms with Crippen LogP contribution in [0, 0.1) is 5.41 Å². The molecule has 4 nitrogen and oxygen atoms in total. The van der Waals surface area contributed by atoms with Gasteiger partial charge in [-0.25, -0.2) is 0 Å². The Morgan fingerprint density at radius 2 is 1.42 bits per heavy atom. The number of hydrogen-bond acceptors (Lipinski definition) is 2. The standard InChI is InChI=1S/C22H23F6N3OS/c1-20(2,3)17(18(32)29-12-13-7-5-4-6-8-13)31-19(33)30-16-10-14(21(23,24)25)9-15(11-16)22(26,27)28/h4-11,17H,12H2,1-3H3,(H,29,32)(H2,30,31,33)/t17-/m0/s1. The number of benzene rings is 2. The van der Waals surface area contributed by atoms with Crippen LogP contribution in [0.25, 0.3) is 0 Å². The SMILES string of the molecule is CC(C)(C)[C@@H](NC(=S)Nc1cc(C(F)(F)F)cc(C(F)(F)F)c1)C(=O)NCc1ccccc1. The highest BCUT2D eigenvalue weighted by Crippen LogP contribution is 2.37. The molecule has 0 aliphatic rings. The zero-order valence-corrected chi connectivity index (χ0v) is 18.8. The third-order valence-corrected chi connectivity index (χ3v) is 4.78. The van der Waals surface area contributed by atoms with Crippen LogP contribution in [0.5, 0.6) is 0 Å². The van der Waals surface area contributed by atoms with Crippen molar-refractivity contribution in [3.8, 4) is 0 Å². The zero-order valence-electron chi connectivity index (χ0n) is 18.0. The van der Waals surface area contributed by atoms with Crippen LogP contribution >= 0.6 is 12.2 Å². The van der Waals surface area contributed by atoms with Crippen molar-refractivity contribution in [1.82, 2.24) is 10.6 Å². The molecule has 2 aromatic rings. The van der Waals surface area contributed by atoms with E-state index in [1.54, 1.807) is 20.8 Å². The number of carbonyl (C=O) groups excluding carboxylic acids is 1. The van der Waals surface area contributed by atoms with Gasteiger partial charge in [-0.05, 0) is 41.4 Å². The van der Waals surface area contributed by atoms with E-state index in [1.807, 2.05) is 30.3 Å². The summed E-state index contributed by atoms with van der Waals surface area (Å²) in [6, 6.07) is 9.22. The summed E-state index contributed by atoms with van der Waals surface area (Å²) in [5, 5.41) is 7.49. The Bertz CT molecular complexity index is 952. The third-order valence-electron chi connectivity index (χ3n) is 4.56. The zero-order chi connectivity index (χ0) is 25.0. The first kappa shape index (κ1) is 26.4. The molecular weight excluding hydrogens is 468 g/mol. The number of hydrogen-bond donors (Lipinski definition) is 3. The van der Waals surface area contributed by atoms with Gasteiger partial charge in [-0.3, -0.25) is 4.79 Å². The molecule has 0 unspecified atom stereocenters. The van der Waals surface area contributed by atoms with Crippen molar-refractivity contribution in [2.75, 3.05) is 5.32 Å². The summed E-state index contributed by atoms with van der Waals surface area (Å²) in [5.74, 6) is -0.435. The minimum absolute atomic E-state index is 0.0244. The van der Waals surface area contributed by atoms with Crippen molar-refractivity contribution in [3.05, 3.63) is 65.2 Å². The van der Waals surface area contributed by atoms with Gasteiger partial charge >= 0.3 is 12.4 Å². The largest absolute Gasteiger partial charge is 0.416 e. The number of thiocarbonyl (C=S) groups is 1. The Balaban J connectivity index is 2.19. The molecule has 0 heterocycles. The second-order valence-corrected chi connectivity index (χ2v) is 8.80. The van der Waals surface area contributed by atoms with Gasteiger partial charge in [-0.2, -0.15) is 26.3 Å². The summed E-state index contributed by atoms with van der Waals surface area (Å²) < 4.78 is 78.4. The van der Waals surface area contributed by atoms with Crippen LogP contribution in [0.3, 0.4) is 0 Å². The van der Waals surface area contributed by atoms with Gasteiger partial charge in [0.05, 0.1) is 11.1 Å². The van der Waals surface area contributed by atoms with Crippen molar-refractivity contribution >= 4 is 28.9 Å². The van der Waals surface area contributed by atoms with Crippen LogP contribution in [0.2, 0.25) is 0 Å². The fourth-order valence-electron chi connectivity index (χ4n) is 2.89. The molecule has 3 N–H and O–H groups in total. The minimum atomic E-state index is -4.99. The van der Waals surface area contributed by atoms with E-state index in [-0.39, 0.29) is 17.7 Å². The topological polar surface area (TPSA) is 53.2 Å². The highest BCUT2D eigenvalue weighted by molar-refractivity contribution is 7.80. The number of halogens is 6. The van der Waals surface area contributed by atoms with E-state index in [1.165, 1.54) is 0 Å². The van der Waals surface area contributed by atoms with E-state index in [2.05, 4.69) is 16.0 Å². The fourth-order valence-corrected chi connectivity index (χ4v) is 3.12. The van der Waals surface area contributed by atoms with Crippen LogP contribution in [0.1, 0.15) is 37.5 Å². The Labute approximate surface area is 192 Å². The van der Waals surface area contributed by atoms with Crippen LogP contribution in [-0.4, -0.2) is 17.1 Å². The summed E-state index contributed by atoms with van der Waals surface area (Å²) in [6.45, 7) is 5.45. The Kier molecular flexibility index (Phi) is 8.00. The maximum atomic E-state index is 13.1. The smallest absolute Gasteiger partial charge is 0.350 e. The van der Waals surface area contributed by atoms with Gasteiger partial charge in [0.1, 0.15) is 6.04 Å². The van der Waals surface area contributed by atoms with Crippen LogP contribution in [-0.2, 0) is 23.7 Å². The summed E-state index contributed by atoms with van der Waals surface area (Å²) in [6.07, 6.45) is -9.98. The van der Waals surface area contributed by atoms with E-state index in [0.717, 1.165) is 5.56 Å². The second kappa shape index (κ2) is 9.98. The van der Waals surface area contributed by atoms with Crippen LogP contribution in [0.4, 0.5) is 32.0 Å². The van der Waals surface area contributed by atoms with Crippen LogP contribution < -0.4 is 16.0 Å². The van der Waals surface area contributed by atoms with Gasteiger partial charge in [0.2, 0.25) is 5.91 Å². The molecule has 0 saturated heterocycles. The summed E-state index contributed by atoms with van der Waals surface area (Å²) >= 11 is 5.09. The average Bonchev–Trinajstić information content (AvgIpc) is 2.68. The molecule has 0 saturated carbocycles. The molecular formula is C22H23F6N3OS. The Morgan fingerprint density at radius 3 is 1.88 bits per heavy atom. The molecule has 0 aliphatic carbocycles. The monoisotopic (exact) mass is 491 g/mol. The van der Waals surface area contributed by atoms with Gasteiger partial charge in [-0.15, -0.1) is 0 Å². The lowest BCUT2D eigenvalue weighted by atomic mass is 9.86. The first-order valence-corrected chi connectivity index (χ1v) is 10.2. The lowest BCUT2D eigenvalue weighted by Crippen LogP contribution is -2.54. The fraction of sp³-hybridized carbons (Fsp3) is 0.364. The van der Waals surface area contributed by atoms with Crippen molar-refractivity contribution in [1.29, 1.82) is 0 Å². The molecule has 180 valence electrons. The molecule has 1 atom stereocenters. The molecule has 0 spiro atoms. The normalized spacial score (nSPS) is 13.2. The molecule has 0 radical (unpaired) electrons. The molecule has 11 heteroatoms. The van der Waals surface area contributed by atoms with Crippen LogP contribution in [0.15, 0.2) is 48.5 Å². The van der Waals surface area contributed by atoms with E-state index in [9.17, 15) is 31.1 Å². The summed E-state index contributed by atoms with van der Waals surface area (Å²) in [7, 11) is 0. The number of carbonyl (C=O) groups is 1. The highest BCUT2D eigenvalue weighted by Gasteiger charge is 2.37. The van der Waals surface area contributed by atoms with Gasteiger partial charge in [0.15, 0.2) is 5.11 Å². The first-order chi connectivity index (χ1) is 15.1.